The number of nitrogens with one attached hydrogen (secondary N) is 2. The van der Waals surface area contributed by atoms with E-state index in [2.05, 4.69) is 70.6 Å². The highest BCUT2D eigenvalue weighted by Crippen LogP contribution is 2.28. The second kappa shape index (κ2) is 5.31. The summed E-state index contributed by atoms with van der Waals surface area (Å²) < 4.78 is 0. The number of hydrogen-bond donors (Lipinski definition) is 2. The molecule has 4 nitrogen and oxygen atoms in total. The lowest BCUT2D eigenvalue weighted by atomic mass is 10.0. The maximum Gasteiger partial charge on any atom is 0.157 e. The van der Waals surface area contributed by atoms with Crippen LogP contribution in [0.25, 0.3) is 44.6 Å². The fourth-order valence-corrected chi connectivity index (χ4v) is 3.19. The van der Waals surface area contributed by atoms with Crippen LogP contribution in [-0.2, 0) is 0 Å². The second-order valence-electron chi connectivity index (χ2n) is 6.30. The van der Waals surface area contributed by atoms with Gasteiger partial charge in [0.05, 0.1) is 16.6 Å². The van der Waals surface area contributed by atoms with Gasteiger partial charge < -0.3 is 4.98 Å². The van der Waals surface area contributed by atoms with E-state index >= 15 is 0 Å². The summed E-state index contributed by atoms with van der Waals surface area (Å²) in [6.07, 6.45) is 0. The van der Waals surface area contributed by atoms with Crippen LogP contribution in [0.15, 0.2) is 66.7 Å². The van der Waals surface area contributed by atoms with E-state index < -0.39 is 0 Å². The molecule has 120 valence electrons. The van der Waals surface area contributed by atoms with Crippen molar-refractivity contribution in [1.29, 1.82) is 0 Å². The molecule has 0 spiro atoms. The van der Waals surface area contributed by atoms with E-state index in [4.69, 9.17) is 4.98 Å². The molecule has 0 fully saturated rings. The number of nitrogens with zero attached hydrogens (tertiary/aromatic N) is 2. The van der Waals surface area contributed by atoms with E-state index in [0.717, 1.165) is 33.5 Å². The van der Waals surface area contributed by atoms with Crippen LogP contribution in [0.2, 0.25) is 0 Å². The molecule has 0 aliphatic rings. The molecule has 0 aliphatic carbocycles. The quantitative estimate of drug-likeness (QED) is 0.475. The Morgan fingerprint density at radius 3 is 2.48 bits per heavy atom. The lowest BCUT2D eigenvalue weighted by Crippen LogP contribution is -1.80. The van der Waals surface area contributed by atoms with Crippen molar-refractivity contribution in [1.82, 2.24) is 20.2 Å². The van der Waals surface area contributed by atoms with Gasteiger partial charge in [-0.05, 0) is 36.2 Å². The molecule has 3 aromatic carbocycles. The van der Waals surface area contributed by atoms with Crippen LogP contribution in [0.5, 0.6) is 0 Å². The number of hydrogen-bond acceptors (Lipinski definition) is 2. The third-order valence-electron chi connectivity index (χ3n) is 4.57. The van der Waals surface area contributed by atoms with Gasteiger partial charge in [0.1, 0.15) is 5.69 Å². The molecule has 0 amide bonds. The Bertz CT molecular complexity index is 1200. The molecule has 0 saturated heterocycles. The zero-order chi connectivity index (χ0) is 16.8. The van der Waals surface area contributed by atoms with Gasteiger partial charge in [0.15, 0.2) is 5.82 Å². The second-order valence-corrected chi connectivity index (χ2v) is 6.30. The fourth-order valence-electron chi connectivity index (χ4n) is 3.19. The molecule has 2 N–H and O–H groups in total. The minimum atomic E-state index is 0.810. The monoisotopic (exact) mass is 324 g/mol. The van der Waals surface area contributed by atoms with Gasteiger partial charge in [0.2, 0.25) is 0 Å². The highest BCUT2D eigenvalue weighted by Gasteiger charge is 2.12. The van der Waals surface area contributed by atoms with Crippen molar-refractivity contribution in [2.45, 2.75) is 6.92 Å². The Kier molecular flexibility index (Phi) is 2.97. The minimum absolute atomic E-state index is 0.810. The molecule has 0 bridgehead atoms. The standard InChI is InChI=1S/C21H16N4/c1-13-6-8-14(9-7-13)15-10-11-18-19(12-15)23-21(22-18)20-16-4-2-3-5-17(16)24-25-20/h2-12H,1H3,(H,22,23)(H,24,25). The molecule has 4 heteroatoms. The van der Waals surface area contributed by atoms with Crippen molar-refractivity contribution in [3.8, 4) is 22.6 Å². The molecule has 0 radical (unpaired) electrons. The first-order chi connectivity index (χ1) is 12.3. The van der Waals surface area contributed by atoms with E-state index in [0.29, 0.717) is 0 Å². The number of aromatic amines is 2. The molecule has 2 aromatic heterocycles. The minimum Gasteiger partial charge on any atom is -0.337 e. The lowest BCUT2D eigenvalue weighted by molar-refractivity contribution is 1.11. The van der Waals surface area contributed by atoms with Gasteiger partial charge in [-0.25, -0.2) is 4.98 Å². The van der Waals surface area contributed by atoms with E-state index in [9.17, 15) is 0 Å². The van der Waals surface area contributed by atoms with Crippen LogP contribution in [0.3, 0.4) is 0 Å². The van der Waals surface area contributed by atoms with Crippen LogP contribution >= 0.6 is 0 Å². The molecule has 0 unspecified atom stereocenters. The van der Waals surface area contributed by atoms with E-state index in [1.165, 1.54) is 16.7 Å². The zero-order valence-electron chi connectivity index (χ0n) is 13.7. The predicted octanol–water partition coefficient (Wildman–Crippen LogP) is 5.08. The summed E-state index contributed by atoms with van der Waals surface area (Å²) in [6, 6.07) is 22.9. The number of rotatable bonds is 2. The molecule has 0 aliphatic heterocycles. The highest BCUT2D eigenvalue weighted by molar-refractivity contribution is 5.93. The summed E-state index contributed by atoms with van der Waals surface area (Å²) in [4.78, 5) is 8.16. The van der Waals surface area contributed by atoms with Crippen molar-refractivity contribution in [2.24, 2.45) is 0 Å². The Morgan fingerprint density at radius 2 is 1.60 bits per heavy atom. The number of imidazole rings is 1. The van der Waals surface area contributed by atoms with Gasteiger partial charge in [-0.1, -0.05) is 54.1 Å². The number of benzene rings is 3. The third kappa shape index (κ3) is 2.31. The van der Waals surface area contributed by atoms with Gasteiger partial charge in [0.25, 0.3) is 0 Å². The summed E-state index contributed by atoms with van der Waals surface area (Å²) in [5.74, 6) is 0.810. The average Bonchev–Trinajstić information content (AvgIpc) is 3.25. The highest BCUT2D eigenvalue weighted by atomic mass is 15.1. The van der Waals surface area contributed by atoms with Gasteiger partial charge in [-0.3, -0.25) is 5.10 Å². The molecule has 25 heavy (non-hydrogen) atoms. The summed E-state index contributed by atoms with van der Waals surface area (Å²) >= 11 is 0. The smallest absolute Gasteiger partial charge is 0.157 e. The van der Waals surface area contributed by atoms with E-state index in [1.54, 1.807) is 0 Å². The summed E-state index contributed by atoms with van der Waals surface area (Å²) in [7, 11) is 0. The van der Waals surface area contributed by atoms with Crippen LogP contribution < -0.4 is 0 Å². The van der Waals surface area contributed by atoms with Gasteiger partial charge in [-0.2, -0.15) is 5.10 Å². The first-order valence-electron chi connectivity index (χ1n) is 8.28. The summed E-state index contributed by atoms with van der Waals surface area (Å²) in [6.45, 7) is 2.10. The van der Waals surface area contributed by atoms with Gasteiger partial charge in [0, 0.05) is 5.39 Å². The SMILES string of the molecule is Cc1ccc(-c2ccc3nc(-c4[nH]nc5ccccc45)[nH]c3c2)cc1. The predicted molar refractivity (Wildman–Crippen MR) is 101 cm³/mol. The topological polar surface area (TPSA) is 57.4 Å². The normalized spacial score (nSPS) is 11.4. The first-order valence-corrected chi connectivity index (χ1v) is 8.28. The Morgan fingerprint density at radius 1 is 0.800 bits per heavy atom. The van der Waals surface area contributed by atoms with Crippen LogP contribution in [-0.4, -0.2) is 20.2 Å². The first kappa shape index (κ1) is 14.0. The Balaban J connectivity index is 1.63. The molecule has 5 aromatic rings. The van der Waals surface area contributed by atoms with Crippen LogP contribution in [0.4, 0.5) is 0 Å². The van der Waals surface area contributed by atoms with Crippen molar-refractivity contribution in [3.05, 3.63) is 72.3 Å². The number of para-hydroxylation sites is 1. The molecule has 5 rings (SSSR count). The molecular formula is C21H16N4. The van der Waals surface area contributed by atoms with E-state index in [-0.39, 0.29) is 0 Å². The Labute approximate surface area is 144 Å². The maximum atomic E-state index is 4.73. The van der Waals surface area contributed by atoms with Crippen molar-refractivity contribution in [2.75, 3.05) is 0 Å². The number of aryl methyl sites for hydroxylation is 1. The van der Waals surface area contributed by atoms with Gasteiger partial charge >= 0.3 is 0 Å². The lowest BCUT2D eigenvalue weighted by Gasteiger charge is -2.02. The number of H-pyrrole nitrogens is 2. The molecule has 2 heterocycles. The molecule has 0 saturated carbocycles. The summed E-state index contributed by atoms with van der Waals surface area (Å²) in [5, 5.41) is 8.52. The summed E-state index contributed by atoms with van der Waals surface area (Å²) in [5.41, 5.74) is 7.48. The maximum absolute atomic E-state index is 4.73. The Hall–Kier alpha value is -3.40. The van der Waals surface area contributed by atoms with Crippen molar-refractivity contribution < 1.29 is 0 Å². The zero-order valence-corrected chi connectivity index (χ0v) is 13.7. The van der Waals surface area contributed by atoms with Gasteiger partial charge in [-0.15, -0.1) is 0 Å². The average molecular weight is 324 g/mol. The van der Waals surface area contributed by atoms with E-state index in [1.807, 2.05) is 18.2 Å². The number of fused-ring (bicyclic) bond motifs is 2. The van der Waals surface area contributed by atoms with Crippen molar-refractivity contribution in [3.63, 3.8) is 0 Å². The van der Waals surface area contributed by atoms with Crippen LogP contribution in [0, 0.1) is 6.92 Å². The fraction of sp³-hybridized carbons (Fsp3) is 0.0476. The molecular weight excluding hydrogens is 308 g/mol. The largest absolute Gasteiger partial charge is 0.337 e. The number of aromatic nitrogens is 4. The molecule has 0 atom stereocenters. The third-order valence-corrected chi connectivity index (χ3v) is 4.57. The van der Waals surface area contributed by atoms with Crippen LogP contribution in [0.1, 0.15) is 5.56 Å². The van der Waals surface area contributed by atoms with Crippen molar-refractivity contribution >= 4 is 21.9 Å².